The maximum Gasteiger partial charge on any atom is 0.306 e. The minimum atomic E-state index is -0.793. The monoisotopic (exact) mass is 1070 g/mol. The van der Waals surface area contributed by atoms with Crippen LogP contribution in [0, 0.1) is 0 Å². The van der Waals surface area contributed by atoms with Gasteiger partial charge in [0, 0.05) is 19.3 Å². The zero-order chi connectivity index (χ0) is 55.7. The van der Waals surface area contributed by atoms with Crippen molar-refractivity contribution in [2.24, 2.45) is 0 Å². The molecule has 77 heavy (non-hydrogen) atoms. The van der Waals surface area contributed by atoms with E-state index in [0.29, 0.717) is 19.3 Å². The van der Waals surface area contributed by atoms with Crippen LogP contribution in [0.25, 0.3) is 0 Å². The molecule has 6 heteroatoms. The van der Waals surface area contributed by atoms with Crippen molar-refractivity contribution in [2.75, 3.05) is 13.2 Å². The van der Waals surface area contributed by atoms with Crippen molar-refractivity contribution < 1.29 is 28.6 Å². The second kappa shape index (κ2) is 64.6. The minimum absolute atomic E-state index is 0.0861. The Morgan fingerprint density at radius 1 is 0.273 bits per heavy atom. The Morgan fingerprint density at radius 3 is 0.792 bits per heavy atom. The zero-order valence-electron chi connectivity index (χ0n) is 50.4. The fraction of sp³-hybridized carbons (Fsp3) is 0.704. The molecule has 0 heterocycles. The van der Waals surface area contributed by atoms with Crippen LogP contribution < -0.4 is 0 Å². The lowest BCUT2D eigenvalue weighted by atomic mass is 10.0. The average molecular weight is 1070 g/mol. The molecule has 0 aromatic heterocycles. The van der Waals surface area contributed by atoms with E-state index in [1.165, 1.54) is 128 Å². The molecule has 0 saturated carbocycles. The zero-order valence-corrected chi connectivity index (χ0v) is 50.4. The van der Waals surface area contributed by atoms with Gasteiger partial charge in [0.15, 0.2) is 6.10 Å². The first kappa shape index (κ1) is 73.1. The molecule has 0 fully saturated rings. The van der Waals surface area contributed by atoms with Crippen LogP contribution in [0.2, 0.25) is 0 Å². The van der Waals surface area contributed by atoms with Gasteiger partial charge < -0.3 is 14.2 Å². The predicted octanol–water partition coefficient (Wildman–Crippen LogP) is 22.2. The molecule has 6 nitrogen and oxygen atoms in total. The molecule has 0 saturated heterocycles. The lowest BCUT2D eigenvalue weighted by molar-refractivity contribution is -0.167. The van der Waals surface area contributed by atoms with Crippen molar-refractivity contribution in [3.05, 3.63) is 109 Å². The second-order valence-electron chi connectivity index (χ2n) is 21.3. The molecule has 0 aromatic carbocycles. The van der Waals surface area contributed by atoms with Crippen molar-refractivity contribution >= 4 is 17.9 Å². The number of carbonyl (C=O) groups excluding carboxylic acids is 3. The molecule has 0 spiro atoms. The Labute approximate surface area is 476 Å². The van der Waals surface area contributed by atoms with E-state index in [1.54, 1.807) is 0 Å². The lowest BCUT2D eigenvalue weighted by Gasteiger charge is -2.18. The standard InChI is InChI=1S/C71H120O6/c1-4-7-10-13-16-19-22-25-28-31-33-34-35-36-38-40-43-46-49-52-55-58-61-64-70(73)76-67-68(66-75-69(72)63-60-57-54-51-48-45-42-39-30-27-24-21-18-15-12-9-6-3)77-71(74)65-62-59-56-53-50-47-44-41-37-32-29-26-23-20-17-14-11-8-5-2/h7-8,10-11,16-17,19-20,25-26,28-29,33-34,36-38,41,68H,4-6,9,12-15,18,21-24,27,30-32,35,39-40,42-67H2,1-3H3/b10-7-,11-8-,19-16-,20-17-,28-25-,29-26-,34-33-,38-36-,41-37-. The van der Waals surface area contributed by atoms with Gasteiger partial charge in [-0.1, -0.05) is 291 Å². The molecule has 0 amide bonds. The molecular formula is C71H120O6. The molecule has 0 rings (SSSR count). The summed E-state index contributed by atoms with van der Waals surface area (Å²) in [5.41, 5.74) is 0. The highest BCUT2D eigenvalue weighted by Gasteiger charge is 2.19. The molecule has 0 radical (unpaired) electrons. The fourth-order valence-electron chi connectivity index (χ4n) is 8.99. The summed E-state index contributed by atoms with van der Waals surface area (Å²) in [6.45, 7) is 6.42. The summed E-state index contributed by atoms with van der Waals surface area (Å²) in [6, 6.07) is 0. The number of carbonyl (C=O) groups is 3. The van der Waals surface area contributed by atoms with Gasteiger partial charge >= 0.3 is 17.9 Å². The molecular weight excluding hydrogens is 949 g/mol. The lowest BCUT2D eigenvalue weighted by Crippen LogP contribution is -2.30. The van der Waals surface area contributed by atoms with E-state index in [4.69, 9.17) is 14.2 Å². The van der Waals surface area contributed by atoms with E-state index >= 15 is 0 Å². The van der Waals surface area contributed by atoms with Crippen LogP contribution in [0.4, 0.5) is 0 Å². The predicted molar refractivity (Wildman–Crippen MR) is 334 cm³/mol. The number of allylic oxidation sites excluding steroid dienone is 18. The Kier molecular flexibility index (Phi) is 61.3. The van der Waals surface area contributed by atoms with Gasteiger partial charge in [0.1, 0.15) is 13.2 Å². The van der Waals surface area contributed by atoms with Crippen molar-refractivity contribution in [1.82, 2.24) is 0 Å². The highest BCUT2D eigenvalue weighted by Crippen LogP contribution is 2.16. The number of esters is 3. The Morgan fingerprint density at radius 2 is 0.506 bits per heavy atom. The quantitative estimate of drug-likeness (QED) is 0.0261. The summed E-state index contributed by atoms with van der Waals surface area (Å²) in [5.74, 6) is -0.901. The normalized spacial score (nSPS) is 12.8. The van der Waals surface area contributed by atoms with Gasteiger partial charge in [-0.15, -0.1) is 0 Å². The fourth-order valence-corrected chi connectivity index (χ4v) is 8.99. The summed E-state index contributed by atoms with van der Waals surface area (Å²) < 4.78 is 16.9. The second-order valence-corrected chi connectivity index (χ2v) is 21.3. The topological polar surface area (TPSA) is 78.9 Å². The third kappa shape index (κ3) is 62.8. The molecule has 0 aromatic rings. The first-order valence-corrected chi connectivity index (χ1v) is 32.4. The summed E-state index contributed by atoms with van der Waals surface area (Å²) in [7, 11) is 0. The van der Waals surface area contributed by atoms with Crippen molar-refractivity contribution in [3.8, 4) is 0 Å². The number of rotatable bonds is 58. The molecule has 1 atom stereocenters. The van der Waals surface area contributed by atoms with E-state index in [9.17, 15) is 14.4 Å². The van der Waals surface area contributed by atoms with Crippen LogP contribution in [0.15, 0.2) is 109 Å². The smallest absolute Gasteiger partial charge is 0.306 e. The van der Waals surface area contributed by atoms with Gasteiger partial charge in [-0.2, -0.15) is 0 Å². The Bertz CT molecular complexity index is 1560. The van der Waals surface area contributed by atoms with E-state index in [0.717, 1.165) is 135 Å². The Hall–Kier alpha value is -3.93. The van der Waals surface area contributed by atoms with Gasteiger partial charge in [0.05, 0.1) is 0 Å². The summed E-state index contributed by atoms with van der Waals surface area (Å²) in [6.07, 6.45) is 88.0. The number of ether oxygens (including phenoxy) is 3. The van der Waals surface area contributed by atoms with E-state index in [1.807, 2.05) is 0 Å². The first-order valence-electron chi connectivity index (χ1n) is 32.4. The Balaban J connectivity index is 4.42. The molecule has 1 unspecified atom stereocenters. The van der Waals surface area contributed by atoms with Gasteiger partial charge in [-0.25, -0.2) is 0 Å². The molecule has 0 bridgehead atoms. The van der Waals surface area contributed by atoms with Crippen LogP contribution >= 0.6 is 0 Å². The summed E-state index contributed by atoms with van der Waals surface area (Å²) in [4.78, 5) is 38.4. The molecule has 0 N–H and O–H groups in total. The molecule has 0 aliphatic heterocycles. The number of hydrogen-bond donors (Lipinski definition) is 0. The molecule has 0 aliphatic rings. The van der Waals surface area contributed by atoms with E-state index in [-0.39, 0.29) is 31.1 Å². The van der Waals surface area contributed by atoms with Crippen LogP contribution in [0.3, 0.4) is 0 Å². The third-order valence-electron chi connectivity index (χ3n) is 13.8. The van der Waals surface area contributed by atoms with Gasteiger partial charge in [-0.3, -0.25) is 14.4 Å². The van der Waals surface area contributed by atoms with E-state index < -0.39 is 6.10 Å². The van der Waals surface area contributed by atoms with Crippen molar-refractivity contribution in [3.63, 3.8) is 0 Å². The SMILES string of the molecule is CC/C=C\C/C=C\C/C=C\C/C=C\C/C=C\CCCCCCCCCC(=O)OCC(COC(=O)CCCCCCCCCCCCCCCCCCC)OC(=O)CCCCCCCC/C=C\C/C=C\C/C=C\C/C=C\CC. The highest BCUT2D eigenvalue weighted by molar-refractivity contribution is 5.71. The van der Waals surface area contributed by atoms with Gasteiger partial charge in [0.2, 0.25) is 0 Å². The van der Waals surface area contributed by atoms with Crippen LogP contribution in [-0.4, -0.2) is 37.2 Å². The summed E-state index contributed by atoms with van der Waals surface area (Å²) >= 11 is 0. The van der Waals surface area contributed by atoms with Crippen LogP contribution in [-0.2, 0) is 28.6 Å². The number of hydrogen-bond acceptors (Lipinski definition) is 6. The average Bonchev–Trinajstić information content (AvgIpc) is 3.43. The molecule has 440 valence electrons. The van der Waals surface area contributed by atoms with Gasteiger partial charge in [-0.05, 0) is 103 Å². The largest absolute Gasteiger partial charge is 0.462 e. The maximum absolute atomic E-state index is 12.9. The van der Waals surface area contributed by atoms with E-state index in [2.05, 4.69) is 130 Å². The number of unbranched alkanes of at least 4 members (excludes halogenated alkanes) is 29. The summed E-state index contributed by atoms with van der Waals surface area (Å²) in [5, 5.41) is 0. The highest BCUT2D eigenvalue weighted by atomic mass is 16.6. The minimum Gasteiger partial charge on any atom is -0.462 e. The van der Waals surface area contributed by atoms with Crippen LogP contribution in [0.1, 0.15) is 303 Å². The maximum atomic E-state index is 12.9. The van der Waals surface area contributed by atoms with Gasteiger partial charge in [0.25, 0.3) is 0 Å². The third-order valence-corrected chi connectivity index (χ3v) is 13.8. The molecule has 0 aliphatic carbocycles. The van der Waals surface area contributed by atoms with Crippen molar-refractivity contribution in [2.45, 2.75) is 309 Å². The first-order chi connectivity index (χ1) is 38.0. The van der Waals surface area contributed by atoms with Crippen LogP contribution in [0.5, 0.6) is 0 Å². The van der Waals surface area contributed by atoms with Crippen molar-refractivity contribution in [1.29, 1.82) is 0 Å².